The van der Waals surface area contributed by atoms with Gasteiger partial charge in [0.15, 0.2) is 0 Å². The first-order valence-corrected chi connectivity index (χ1v) is 6.37. The summed E-state index contributed by atoms with van der Waals surface area (Å²) in [6, 6.07) is 2.89. The van der Waals surface area contributed by atoms with Crippen LogP contribution in [-0.2, 0) is 12.7 Å². The molecule has 0 saturated carbocycles. The molecule has 0 fully saturated rings. The molecule has 0 amide bonds. The third kappa shape index (κ3) is 3.17. The van der Waals surface area contributed by atoms with Gasteiger partial charge in [0.05, 0.1) is 17.6 Å². The number of hydrogen-bond donors (Lipinski definition) is 1. The molecule has 0 bridgehead atoms. The van der Waals surface area contributed by atoms with E-state index in [4.69, 9.17) is 5.73 Å². The monoisotopic (exact) mass is 287 g/mol. The third-order valence-electron chi connectivity index (χ3n) is 2.61. The molecule has 0 aromatic carbocycles. The molecule has 0 unspecified atom stereocenters. The van der Waals surface area contributed by atoms with E-state index in [0.29, 0.717) is 12.2 Å². The van der Waals surface area contributed by atoms with Crippen LogP contribution in [0.25, 0.3) is 0 Å². The number of thiophene rings is 1. The molecular weight excluding hydrogens is 275 g/mol. The molecule has 0 aliphatic heterocycles. The Morgan fingerprint density at radius 3 is 2.74 bits per heavy atom. The van der Waals surface area contributed by atoms with Gasteiger partial charge in [0.2, 0.25) is 0 Å². The van der Waals surface area contributed by atoms with Crippen LogP contribution in [0.1, 0.15) is 11.3 Å². The lowest BCUT2D eigenvalue weighted by atomic mass is 10.2. The molecule has 0 atom stereocenters. The number of anilines is 2. The Morgan fingerprint density at radius 2 is 2.16 bits per heavy atom. The van der Waals surface area contributed by atoms with Crippen molar-refractivity contribution in [2.45, 2.75) is 12.7 Å². The summed E-state index contributed by atoms with van der Waals surface area (Å²) < 4.78 is 37.9. The number of nitrogens with zero attached hydrogens (tertiary/aromatic N) is 2. The maximum atomic E-state index is 12.6. The maximum absolute atomic E-state index is 12.6. The molecule has 0 saturated heterocycles. The summed E-state index contributed by atoms with van der Waals surface area (Å²) in [5.74, 6) is 0. The van der Waals surface area contributed by atoms with Crippen molar-refractivity contribution in [2.75, 3.05) is 17.7 Å². The fourth-order valence-electron chi connectivity index (χ4n) is 1.68. The summed E-state index contributed by atoms with van der Waals surface area (Å²) >= 11 is 1.54. The Balaban J connectivity index is 2.28. The van der Waals surface area contributed by atoms with Gasteiger partial charge in [-0.25, -0.2) is 4.98 Å². The summed E-state index contributed by atoms with van der Waals surface area (Å²) in [5.41, 5.74) is 6.34. The van der Waals surface area contributed by atoms with Crippen molar-refractivity contribution in [3.8, 4) is 0 Å². The van der Waals surface area contributed by atoms with E-state index in [9.17, 15) is 13.2 Å². The molecule has 19 heavy (non-hydrogen) atoms. The van der Waals surface area contributed by atoms with E-state index in [2.05, 4.69) is 4.98 Å². The summed E-state index contributed by atoms with van der Waals surface area (Å²) in [7, 11) is 1.70. The van der Waals surface area contributed by atoms with Crippen LogP contribution in [0.4, 0.5) is 24.5 Å². The lowest BCUT2D eigenvalue weighted by Gasteiger charge is -2.21. The van der Waals surface area contributed by atoms with Gasteiger partial charge in [-0.3, -0.25) is 0 Å². The van der Waals surface area contributed by atoms with Crippen molar-refractivity contribution in [2.24, 2.45) is 0 Å². The zero-order chi connectivity index (χ0) is 14.0. The molecule has 2 aromatic rings. The minimum absolute atomic E-state index is 0.228. The van der Waals surface area contributed by atoms with Crippen LogP contribution < -0.4 is 10.6 Å². The largest absolute Gasteiger partial charge is 0.433 e. The van der Waals surface area contributed by atoms with Gasteiger partial charge in [0.25, 0.3) is 0 Å². The van der Waals surface area contributed by atoms with E-state index < -0.39 is 11.9 Å². The SMILES string of the molecule is CN(Cc1ccsc1)c1cc(C(F)(F)F)ncc1N. The zero-order valence-corrected chi connectivity index (χ0v) is 10.9. The average Bonchev–Trinajstić information content (AvgIpc) is 2.80. The highest BCUT2D eigenvalue weighted by atomic mass is 32.1. The second-order valence-corrected chi connectivity index (χ2v) is 4.89. The number of nitrogens with two attached hydrogens (primary N) is 1. The minimum atomic E-state index is -4.47. The van der Waals surface area contributed by atoms with Crippen molar-refractivity contribution in [3.05, 3.63) is 40.3 Å². The molecule has 0 aliphatic carbocycles. The first-order chi connectivity index (χ1) is 8.88. The molecule has 2 heterocycles. The summed E-state index contributed by atoms with van der Waals surface area (Å²) in [5, 5.41) is 3.86. The Bertz CT molecular complexity index is 552. The van der Waals surface area contributed by atoms with Gasteiger partial charge in [0, 0.05) is 13.6 Å². The van der Waals surface area contributed by atoms with E-state index in [0.717, 1.165) is 17.8 Å². The van der Waals surface area contributed by atoms with Gasteiger partial charge in [0.1, 0.15) is 5.69 Å². The standard InChI is InChI=1S/C12H12F3N3S/c1-18(6-8-2-3-19-7-8)10-4-11(12(13,14)15)17-5-9(10)16/h2-5,7H,6,16H2,1H3. The lowest BCUT2D eigenvalue weighted by Crippen LogP contribution is -2.19. The van der Waals surface area contributed by atoms with Crippen LogP contribution in [-0.4, -0.2) is 12.0 Å². The quantitative estimate of drug-likeness (QED) is 0.941. The van der Waals surface area contributed by atoms with E-state index in [1.165, 1.54) is 11.3 Å². The highest BCUT2D eigenvalue weighted by Gasteiger charge is 2.33. The number of nitrogen functional groups attached to an aromatic ring is 1. The van der Waals surface area contributed by atoms with Crippen molar-refractivity contribution in [1.29, 1.82) is 0 Å². The highest BCUT2D eigenvalue weighted by Crippen LogP contribution is 2.32. The van der Waals surface area contributed by atoms with Crippen LogP contribution in [0.2, 0.25) is 0 Å². The van der Waals surface area contributed by atoms with Crippen LogP contribution in [0, 0.1) is 0 Å². The smallest absolute Gasteiger partial charge is 0.396 e. The van der Waals surface area contributed by atoms with Crippen molar-refractivity contribution >= 4 is 22.7 Å². The van der Waals surface area contributed by atoms with Gasteiger partial charge < -0.3 is 10.6 Å². The predicted octanol–water partition coefficient (Wildman–Crippen LogP) is 3.38. The Morgan fingerprint density at radius 1 is 1.42 bits per heavy atom. The van der Waals surface area contributed by atoms with E-state index >= 15 is 0 Å². The molecule has 0 aliphatic rings. The van der Waals surface area contributed by atoms with Gasteiger partial charge in [-0.2, -0.15) is 24.5 Å². The molecule has 0 radical (unpaired) electrons. The molecule has 2 N–H and O–H groups in total. The van der Waals surface area contributed by atoms with Crippen LogP contribution >= 0.6 is 11.3 Å². The first kappa shape index (κ1) is 13.7. The second-order valence-electron chi connectivity index (χ2n) is 4.11. The van der Waals surface area contributed by atoms with Crippen LogP contribution in [0.5, 0.6) is 0 Å². The molecule has 102 valence electrons. The lowest BCUT2D eigenvalue weighted by molar-refractivity contribution is -0.141. The Kier molecular flexibility index (Phi) is 3.66. The summed E-state index contributed by atoms with van der Waals surface area (Å²) in [6.07, 6.45) is -3.42. The fraction of sp³-hybridized carbons (Fsp3) is 0.250. The average molecular weight is 287 g/mol. The number of pyridine rings is 1. The molecule has 2 rings (SSSR count). The molecule has 2 aromatic heterocycles. The molecule has 3 nitrogen and oxygen atoms in total. The Hall–Kier alpha value is -1.76. The van der Waals surface area contributed by atoms with E-state index in [1.807, 2.05) is 16.8 Å². The number of rotatable bonds is 3. The summed E-state index contributed by atoms with van der Waals surface area (Å²) in [6.45, 7) is 0.495. The van der Waals surface area contributed by atoms with Crippen molar-refractivity contribution in [1.82, 2.24) is 4.98 Å². The van der Waals surface area contributed by atoms with Crippen LogP contribution in [0.3, 0.4) is 0 Å². The van der Waals surface area contributed by atoms with Crippen LogP contribution in [0.15, 0.2) is 29.1 Å². The summed E-state index contributed by atoms with van der Waals surface area (Å²) in [4.78, 5) is 4.99. The van der Waals surface area contributed by atoms with Gasteiger partial charge >= 0.3 is 6.18 Å². The number of hydrogen-bond acceptors (Lipinski definition) is 4. The Labute approximate surface area is 112 Å². The van der Waals surface area contributed by atoms with E-state index in [1.54, 1.807) is 11.9 Å². The fourth-order valence-corrected chi connectivity index (χ4v) is 2.34. The topological polar surface area (TPSA) is 42.2 Å². The van der Waals surface area contributed by atoms with E-state index in [-0.39, 0.29) is 5.69 Å². The number of aromatic nitrogens is 1. The highest BCUT2D eigenvalue weighted by molar-refractivity contribution is 7.07. The van der Waals surface area contributed by atoms with Gasteiger partial charge in [-0.1, -0.05) is 0 Å². The van der Waals surface area contributed by atoms with Gasteiger partial charge in [-0.15, -0.1) is 0 Å². The normalized spacial score (nSPS) is 11.6. The molecule has 7 heteroatoms. The predicted molar refractivity (Wildman–Crippen MR) is 70.1 cm³/mol. The second kappa shape index (κ2) is 5.08. The minimum Gasteiger partial charge on any atom is -0.396 e. The molecule has 0 spiro atoms. The number of alkyl halides is 3. The van der Waals surface area contributed by atoms with Crippen molar-refractivity contribution in [3.63, 3.8) is 0 Å². The first-order valence-electron chi connectivity index (χ1n) is 5.43. The third-order valence-corrected chi connectivity index (χ3v) is 3.35. The van der Waals surface area contributed by atoms with Crippen molar-refractivity contribution < 1.29 is 13.2 Å². The molecular formula is C12H12F3N3S. The maximum Gasteiger partial charge on any atom is 0.433 e. The van der Waals surface area contributed by atoms with Gasteiger partial charge in [-0.05, 0) is 28.5 Å². The number of halogens is 3. The zero-order valence-electron chi connectivity index (χ0n) is 10.1.